The Morgan fingerprint density at radius 2 is 1.70 bits per heavy atom. The van der Waals surface area contributed by atoms with Gasteiger partial charge in [-0.3, -0.25) is 4.79 Å². The van der Waals surface area contributed by atoms with Crippen molar-refractivity contribution in [2.24, 2.45) is 5.92 Å². The van der Waals surface area contributed by atoms with E-state index in [1.807, 2.05) is 32.0 Å². The Balaban J connectivity index is 1.90. The lowest BCUT2D eigenvalue weighted by Gasteiger charge is -2.21. The van der Waals surface area contributed by atoms with Gasteiger partial charge in [0.15, 0.2) is 0 Å². The highest BCUT2D eigenvalue weighted by Crippen LogP contribution is 2.23. The highest BCUT2D eigenvalue weighted by molar-refractivity contribution is 5.73. The first kappa shape index (κ1) is 20.7. The molecule has 146 valence electrons. The molecule has 1 aromatic carbocycles. The zero-order valence-corrected chi connectivity index (χ0v) is 16.9. The van der Waals surface area contributed by atoms with Gasteiger partial charge in [0.25, 0.3) is 0 Å². The number of rotatable bonds is 9. The average molecular weight is 370 g/mol. The molecule has 0 aliphatic heterocycles. The molecule has 0 spiro atoms. The van der Waals surface area contributed by atoms with Gasteiger partial charge in [-0.15, -0.1) is 0 Å². The quantitative estimate of drug-likeness (QED) is 0.692. The molecule has 1 N–H and O–H groups in total. The molecule has 2 rings (SSSR count). The second-order valence-electron chi connectivity index (χ2n) is 7.33. The van der Waals surface area contributed by atoms with Crippen molar-refractivity contribution in [3.05, 3.63) is 48.2 Å². The number of pyridine rings is 1. The average Bonchev–Trinajstić information content (AvgIpc) is 2.60. The summed E-state index contributed by atoms with van der Waals surface area (Å²) >= 11 is 0. The van der Waals surface area contributed by atoms with Crippen LogP contribution >= 0.6 is 0 Å². The molecule has 0 radical (unpaired) electrons. The smallest absolute Gasteiger partial charge is 0.217 e. The molecule has 1 amide bonds. The molecule has 5 nitrogen and oxygen atoms in total. The second-order valence-corrected chi connectivity index (χ2v) is 7.33. The SMILES string of the molecule is CC(=O)N[C@@H](CCc1ccc(Oc2ccc(OC(C)C)nc2)cc1)C(C)C. The van der Waals surface area contributed by atoms with Crippen LogP contribution in [0.15, 0.2) is 42.6 Å². The van der Waals surface area contributed by atoms with Crippen LogP contribution in [0.5, 0.6) is 17.4 Å². The van der Waals surface area contributed by atoms with Gasteiger partial charge in [-0.25, -0.2) is 4.98 Å². The van der Waals surface area contributed by atoms with Crippen LogP contribution in [0.4, 0.5) is 0 Å². The van der Waals surface area contributed by atoms with Crippen molar-refractivity contribution in [1.29, 1.82) is 0 Å². The molecule has 0 bridgehead atoms. The monoisotopic (exact) mass is 370 g/mol. The molecule has 0 fully saturated rings. The van der Waals surface area contributed by atoms with E-state index in [4.69, 9.17) is 9.47 Å². The molecule has 1 atom stereocenters. The Morgan fingerprint density at radius 1 is 1.04 bits per heavy atom. The van der Waals surface area contributed by atoms with Gasteiger partial charge in [0, 0.05) is 19.0 Å². The van der Waals surface area contributed by atoms with E-state index in [0.717, 1.165) is 18.6 Å². The van der Waals surface area contributed by atoms with Crippen molar-refractivity contribution in [2.45, 2.75) is 59.6 Å². The molecule has 5 heteroatoms. The number of nitrogens with one attached hydrogen (secondary N) is 1. The van der Waals surface area contributed by atoms with Crippen molar-refractivity contribution in [3.8, 4) is 17.4 Å². The summed E-state index contributed by atoms with van der Waals surface area (Å²) < 4.78 is 11.4. The number of carbonyl (C=O) groups excluding carboxylic acids is 1. The number of hydrogen-bond acceptors (Lipinski definition) is 4. The van der Waals surface area contributed by atoms with Gasteiger partial charge in [-0.2, -0.15) is 0 Å². The first-order chi connectivity index (χ1) is 12.8. The molecule has 0 aliphatic rings. The fraction of sp³-hybridized carbons (Fsp3) is 0.455. The molecular formula is C22H30N2O3. The number of aromatic nitrogens is 1. The molecule has 1 heterocycles. The largest absolute Gasteiger partial charge is 0.475 e. The molecule has 0 saturated heterocycles. The van der Waals surface area contributed by atoms with Gasteiger partial charge < -0.3 is 14.8 Å². The first-order valence-corrected chi connectivity index (χ1v) is 9.50. The first-order valence-electron chi connectivity index (χ1n) is 9.50. The Morgan fingerprint density at radius 3 is 2.22 bits per heavy atom. The number of benzene rings is 1. The Labute approximate surface area is 162 Å². The fourth-order valence-electron chi connectivity index (χ4n) is 2.75. The molecule has 0 unspecified atom stereocenters. The van der Waals surface area contributed by atoms with E-state index in [-0.39, 0.29) is 18.1 Å². The van der Waals surface area contributed by atoms with Crippen molar-refractivity contribution in [3.63, 3.8) is 0 Å². The maximum atomic E-state index is 11.3. The van der Waals surface area contributed by atoms with Crippen LogP contribution in [0.3, 0.4) is 0 Å². The lowest BCUT2D eigenvalue weighted by atomic mass is 9.96. The van der Waals surface area contributed by atoms with Gasteiger partial charge in [0.1, 0.15) is 11.5 Å². The van der Waals surface area contributed by atoms with E-state index in [0.29, 0.717) is 17.5 Å². The summed E-state index contributed by atoms with van der Waals surface area (Å²) in [7, 11) is 0. The number of aryl methyl sites for hydroxylation is 1. The predicted molar refractivity (Wildman–Crippen MR) is 107 cm³/mol. The third kappa shape index (κ3) is 7.29. The molecule has 0 aliphatic carbocycles. The van der Waals surface area contributed by atoms with E-state index < -0.39 is 0 Å². The third-order valence-corrected chi connectivity index (χ3v) is 4.16. The van der Waals surface area contributed by atoms with Crippen molar-refractivity contribution in [1.82, 2.24) is 10.3 Å². The van der Waals surface area contributed by atoms with E-state index >= 15 is 0 Å². The summed E-state index contributed by atoms with van der Waals surface area (Å²) in [5, 5.41) is 3.03. The zero-order valence-electron chi connectivity index (χ0n) is 16.9. The van der Waals surface area contributed by atoms with Crippen molar-refractivity contribution in [2.75, 3.05) is 0 Å². The van der Waals surface area contributed by atoms with E-state index in [2.05, 4.69) is 36.3 Å². The maximum Gasteiger partial charge on any atom is 0.217 e. The van der Waals surface area contributed by atoms with Crippen LogP contribution in [-0.2, 0) is 11.2 Å². The van der Waals surface area contributed by atoms with Gasteiger partial charge in [0.05, 0.1) is 12.3 Å². The Bertz CT molecular complexity index is 709. The number of amides is 1. The van der Waals surface area contributed by atoms with Crippen LogP contribution in [0.2, 0.25) is 0 Å². The standard InChI is InChI=1S/C22H30N2O3/c1-15(2)21(24-17(5)25)12-8-18-6-9-19(10-7-18)27-20-11-13-22(23-14-20)26-16(3)4/h6-7,9-11,13-16,21H,8,12H2,1-5H3,(H,24,25)/t21-/m0/s1. The highest BCUT2D eigenvalue weighted by atomic mass is 16.5. The highest BCUT2D eigenvalue weighted by Gasteiger charge is 2.14. The van der Waals surface area contributed by atoms with Crippen molar-refractivity contribution >= 4 is 5.91 Å². The van der Waals surface area contributed by atoms with Gasteiger partial charge in [-0.05, 0) is 56.4 Å². The minimum Gasteiger partial charge on any atom is -0.475 e. The van der Waals surface area contributed by atoms with Crippen LogP contribution in [0.25, 0.3) is 0 Å². The summed E-state index contributed by atoms with van der Waals surface area (Å²) in [4.78, 5) is 15.6. The van der Waals surface area contributed by atoms with Crippen LogP contribution in [-0.4, -0.2) is 23.0 Å². The van der Waals surface area contributed by atoms with Crippen LogP contribution in [0, 0.1) is 5.92 Å². The minimum absolute atomic E-state index is 0.0240. The van der Waals surface area contributed by atoms with Gasteiger partial charge >= 0.3 is 0 Å². The summed E-state index contributed by atoms with van der Waals surface area (Å²) in [6, 6.07) is 11.9. The fourth-order valence-corrected chi connectivity index (χ4v) is 2.75. The van der Waals surface area contributed by atoms with Gasteiger partial charge in [0.2, 0.25) is 11.8 Å². The number of hydrogen-bond donors (Lipinski definition) is 1. The van der Waals surface area contributed by atoms with E-state index in [9.17, 15) is 4.79 Å². The lowest BCUT2D eigenvalue weighted by molar-refractivity contribution is -0.120. The molecular weight excluding hydrogens is 340 g/mol. The summed E-state index contributed by atoms with van der Waals surface area (Å²) in [6.45, 7) is 9.75. The van der Waals surface area contributed by atoms with E-state index in [1.165, 1.54) is 5.56 Å². The molecule has 0 saturated carbocycles. The normalized spacial score (nSPS) is 12.1. The number of carbonyl (C=O) groups is 1. The zero-order chi connectivity index (χ0) is 19.8. The Kier molecular flexibility index (Phi) is 7.65. The summed E-state index contributed by atoms with van der Waals surface area (Å²) in [5.41, 5.74) is 1.22. The van der Waals surface area contributed by atoms with Crippen molar-refractivity contribution < 1.29 is 14.3 Å². The molecule has 27 heavy (non-hydrogen) atoms. The van der Waals surface area contributed by atoms with Crippen LogP contribution in [0.1, 0.15) is 46.6 Å². The van der Waals surface area contributed by atoms with Crippen LogP contribution < -0.4 is 14.8 Å². The van der Waals surface area contributed by atoms with Gasteiger partial charge in [-0.1, -0.05) is 26.0 Å². The summed E-state index contributed by atoms with van der Waals surface area (Å²) in [5.74, 6) is 2.46. The molecule has 2 aromatic rings. The number of ether oxygens (including phenoxy) is 2. The predicted octanol–water partition coefficient (Wildman–Crippen LogP) is 4.75. The topological polar surface area (TPSA) is 60.5 Å². The maximum absolute atomic E-state index is 11.3. The minimum atomic E-state index is 0.0240. The lowest BCUT2D eigenvalue weighted by Crippen LogP contribution is -2.37. The third-order valence-electron chi connectivity index (χ3n) is 4.16. The van der Waals surface area contributed by atoms with E-state index in [1.54, 1.807) is 19.2 Å². The Hall–Kier alpha value is -2.56. The summed E-state index contributed by atoms with van der Waals surface area (Å²) in [6.07, 6.45) is 3.58. The second kappa shape index (κ2) is 9.95. The number of nitrogens with zero attached hydrogens (tertiary/aromatic N) is 1. The molecule has 1 aromatic heterocycles.